The van der Waals surface area contributed by atoms with Gasteiger partial charge in [-0.25, -0.2) is 0 Å². The molecular formula is C12H12F3N3O4. The van der Waals surface area contributed by atoms with Crippen LogP contribution in [0.1, 0.15) is 28.0 Å². The lowest BCUT2D eigenvalue weighted by Gasteiger charge is -2.00. The molecule has 1 amide bonds. The number of rotatable bonds is 6. The number of nitrogens with one attached hydrogen (secondary N) is 1. The first kappa shape index (κ1) is 16.0. The van der Waals surface area contributed by atoms with Crippen LogP contribution in [0, 0.1) is 0 Å². The summed E-state index contributed by atoms with van der Waals surface area (Å²) in [7, 11) is 1.49. The fraction of sp³-hybridized carbons (Fsp3) is 0.417. The van der Waals surface area contributed by atoms with Crippen molar-refractivity contribution in [2.45, 2.75) is 19.2 Å². The van der Waals surface area contributed by atoms with Crippen LogP contribution in [-0.2, 0) is 23.9 Å². The first-order valence-corrected chi connectivity index (χ1v) is 6.16. The van der Waals surface area contributed by atoms with Crippen molar-refractivity contribution in [1.82, 2.24) is 15.5 Å². The SMILES string of the molecule is COCc1ccc(C(=O)NCCc2noc(C(F)(F)F)n2)o1. The number of amides is 1. The summed E-state index contributed by atoms with van der Waals surface area (Å²) in [5.74, 6) is -1.49. The molecule has 2 aromatic rings. The predicted molar refractivity (Wildman–Crippen MR) is 64.8 cm³/mol. The van der Waals surface area contributed by atoms with E-state index < -0.39 is 18.0 Å². The highest BCUT2D eigenvalue weighted by Crippen LogP contribution is 2.27. The maximum Gasteiger partial charge on any atom is 0.471 e. The van der Waals surface area contributed by atoms with Gasteiger partial charge in [0.1, 0.15) is 12.4 Å². The van der Waals surface area contributed by atoms with Gasteiger partial charge in [-0.2, -0.15) is 18.2 Å². The van der Waals surface area contributed by atoms with Crippen molar-refractivity contribution in [2.75, 3.05) is 13.7 Å². The number of halogens is 3. The summed E-state index contributed by atoms with van der Waals surface area (Å²) in [6.45, 7) is 0.270. The first-order valence-electron chi connectivity index (χ1n) is 6.16. The van der Waals surface area contributed by atoms with Gasteiger partial charge >= 0.3 is 12.1 Å². The fourth-order valence-corrected chi connectivity index (χ4v) is 1.57. The number of furan rings is 1. The molecule has 10 heteroatoms. The topological polar surface area (TPSA) is 90.4 Å². The maximum atomic E-state index is 12.2. The molecule has 0 aliphatic rings. The minimum absolute atomic E-state index is 0.00302. The summed E-state index contributed by atoms with van der Waals surface area (Å²) in [6, 6.07) is 3.06. The van der Waals surface area contributed by atoms with Gasteiger partial charge in [0, 0.05) is 20.1 Å². The third-order valence-corrected chi connectivity index (χ3v) is 2.52. The summed E-state index contributed by atoms with van der Waals surface area (Å²) in [5, 5.41) is 5.66. The highest BCUT2D eigenvalue weighted by atomic mass is 19.4. The zero-order valence-corrected chi connectivity index (χ0v) is 11.4. The smallest absolute Gasteiger partial charge is 0.453 e. The summed E-state index contributed by atoms with van der Waals surface area (Å²) < 4.78 is 50.9. The Morgan fingerprint density at radius 3 is 2.82 bits per heavy atom. The predicted octanol–water partition coefficient (Wildman–Crippen LogP) is 1.80. The molecule has 0 saturated heterocycles. The molecule has 120 valence electrons. The highest BCUT2D eigenvalue weighted by Gasteiger charge is 2.38. The fourth-order valence-electron chi connectivity index (χ4n) is 1.57. The van der Waals surface area contributed by atoms with Gasteiger partial charge in [0.2, 0.25) is 0 Å². The monoisotopic (exact) mass is 319 g/mol. The van der Waals surface area contributed by atoms with E-state index in [9.17, 15) is 18.0 Å². The van der Waals surface area contributed by atoms with Crippen molar-refractivity contribution in [3.8, 4) is 0 Å². The Hall–Kier alpha value is -2.36. The van der Waals surface area contributed by atoms with Gasteiger partial charge in [0.15, 0.2) is 11.6 Å². The second-order valence-corrected chi connectivity index (χ2v) is 4.22. The van der Waals surface area contributed by atoms with E-state index in [1.54, 1.807) is 6.07 Å². The van der Waals surface area contributed by atoms with Crippen LogP contribution in [0.25, 0.3) is 0 Å². The normalized spacial score (nSPS) is 11.6. The lowest BCUT2D eigenvalue weighted by molar-refractivity contribution is -0.159. The van der Waals surface area contributed by atoms with E-state index in [2.05, 4.69) is 20.0 Å². The second-order valence-electron chi connectivity index (χ2n) is 4.22. The first-order chi connectivity index (χ1) is 10.4. The average molecular weight is 319 g/mol. The summed E-state index contributed by atoms with van der Waals surface area (Å²) >= 11 is 0. The van der Waals surface area contributed by atoms with Gasteiger partial charge in [0.05, 0.1) is 0 Å². The molecule has 7 nitrogen and oxygen atoms in total. The molecule has 0 atom stereocenters. The highest BCUT2D eigenvalue weighted by molar-refractivity contribution is 5.91. The van der Waals surface area contributed by atoms with Crippen LogP contribution in [0.5, 0.6) is 0 Å². The number of methoxy groups -OCH3 is 1. The van der Waals surface area contributed by atoms with Gasteiger partial charge in [-0.15, -0.1) is 0 Å². The van der Waals surface area contributed by atoms with Crippen molar-refractivity contribution < 1.29 is 31.6 Å². The van der Waals surface area contributed by atoms with Gasteiger partial charge in [-0.3, -0.25) is 4.79 Å². The van der Waals surface area contributed by atoms with Crippen molar-refractivity contribution in [3.05, 3.63) is 35.4 Å². The Kier molecular flexibility index (Phi) is 4.81. The number of nitrogens with zero attached hydrogens (tertiary/aromatic N) is 2. The number of carbonyl (C=O) groups is 1. The van der Waals surface area contributed by atoms with E-state index >= 15 is 0 Å². The van der Waals surface area contributed by atoms with Crippen molar-refractivity contribution in [2.24, 2.45) is 0 Å². The van der Waals surface area contributed by atoms with Crippen LogP contribution in [-0.4, -0.2) is 29.7 Å². The Labute approximate surface area is 122 Å². The zero-order valence-electron chi connectivity index (χ0n) is 11.4. The van der Waals surface area contributed by atoms with Gasteiger partial charge in [-0.05, 0) is 12.1 Å². The molecule has 2 rings (SSSR count). The van der Waals surface area contributed by atoms with Crippen LogP contribution in [0.2, 0.25) is 0 Å². The average Bonchev–Trinajstić information content (AvgIpc) is 3.07. The number of carbonyl (C=O) groups excluding carboxylic acids is 1. The van der Waals surface area contributed by atoms with Gasteiger partial charge in [0.25, 0.3) is 5.91 Å². The van der Waals surface area contributed by atoms with Gasteiger partial charge < -0.3 is 19.0 Å². The number of hydrogen-bond donors (Lipinski definition) is 1. The van der Waals surface area contributed by atoms with E-state index in [1.165, 1.54) is 13.2 Å². The number of hydrogen-bond acceptors (Lipinski definition) is 6. The second kappa shape index (κ2) is 6.60. The van der Waals surface area contributed by atoms with Crippen LogP contribution in [0.15, 0.2) is 21.1 Å². The number of ether oxygens (including phenoxy) is 1. The van der Waals surface area contributed by atoms with E-state index in [0.29, 0.717) is 5.76 Å². The molecular weight excluding hydrogens is 307 g/mol. The lowest BCUT2D eigenvalue weighted by atomic mass is 10.3. The molecule has 2 heterocycles. The molecule has 22 heavy (non-hydrogen) atoms. The summed E-state index contributed by atoms with van der Waals surface area (Å²) in [4.78, 5) is 14.9. The minimum Gasteiger partial charge on any atom is -0.453 e. The molecule has 0 aliphatic heterocycles. The van der Waals surface area contributed by atoms with Crippen molar-refractivity contribution in [1.29, 1.82) is 0 Å². The van der Waals surface area contributed by atoms with Gasteiger partial charge in [-0.1, -0.05) is 5.16 Å². The van der Waals surface area contributed by atoms with E-state index in [0.717, 1.165) is 0 Å². The standard InChI is InChI=1S/C12H12F3N3O4/c1-20-6-7-2-3-8(21-7)10(19)16-5-4-9-17-11(22-18-9)12(13,14)15/h2-3H,4-6H2,1H3,(H,16,19). The Morgan fingerprint density at radius 2 is 2.18 bits per heavy atom. The third-order valence-electron chi connectivity index (χ3n) is 2.52. The maximum absolute atomic E-state index is 12.2. The summed E-state index contributed by atoms with van der Waals surface area (Å²) in [6.07, 6.45) is -4.68. The van der Waals surface area contributed by atoms with Crippen LogP contribution < -0.4 is 5.32 Å². The molecule has 0 spiro atoms. The van der Waals surface area contributed by atoms with E-state index in [4.69, 9.17) is 9.15 Å². The Bertz CT molecular complexity index is 636. The molecule has 2 aromatic heterocycles. The molecule has 0 fully saturated rings. The van der Waals surface area contributed by atoms with Crippen molar-refractivity contribution >= 4 is 5.91 Å². The number of aromatic nitrogens is 2. The molecule has 0 saturated carbocycles. The van der Waals surface area contributed by atoms with Crippen LogP contribution in [0.4, 0.5) is 13.2 Å². The third kappa shape index (κ3) is 4.07. The molecule has 0 bridgehead atoms. The van der Waals surface area contributed by atoms with Crippen LogP contribution >= 0.6 is 0 Å². The zero-order chi connectivity index (χ0) is 16.2. The molecule has 0 unspecified atom stereocenters. The molecule has 0 radical (unpaired) electrons. The minimum atomic E-state index is -4.68. The Balaban J connectivity index is 1.82. The van der Waals surface area contributed by atoms with Crippen LogP contribution in [0.3, 0.4) is 0 Å². The quantitative estimate of drug-likeness (QED) is 0.873. The van der Waals surface area contributed by atoms with Crippen molar-refractivity contribution in [3.63, 3.8) is 0 Å². The molecule has 0 aliphatic carbocycles. The Morgan fingerprint density at radius 1 is 1.41 bits per heavy atom. The lowest BCUT2D eigenvalue weighted by Crippen LogP contribution is -2.25. The number of alkyl halides is 3. The summed E-state index contributed by atoms with van der Waals surface area (Å²) in [5.41, 5.74) is 0. The molecule has 0 aromatic carbocycles. The largest absolute Gasteiger partial charge is 0.471 e. The van der Waals surface area contributed by atoms with E-state index in [1.807, 2.05) is 0 Å². The molecule has 1 N–H and O–H groups in total. The van der Waals surface area contributed by atoms with E-state index in [-0.39, 0.29) is 31.2 Å².